The second-order valence-electron chi connectivity index (χ2n) is 4.75. The summed E-state index contributed by atoms with van der Waals surface area (Å²) in [6, 6.07) is -0.284. The van der Waals surface area contributed by atoms with E-state index in [1.54, 1.807) is 11.9 Å². The Balaban J connectivity index is 3.95. The van der Waals surface area contributed by atoms with Gasteiger partial charge in [-0.05, 0) is 25.4 Å². The van der Waals surface area contributed by atoms with E-state index in [0.29, 0.717) is 0 Å². The van der Waals surface area contributed by atoms with Crippen LogP contribution in [-0.2, 0) is 14.4 Å². The maximum absolute atomic E-state index is 12.1. The minimum absolute atomic E-state index is 0.114. The standard InChI is InChI=1S/C13H27N5O3S2/c1-22-17-7-4-3-5-10(18-23-2)13(21)15-8-6-12(20)16-9-11(14)19/h10,17-18H,3-9H2,1-2H3,(H2,14,19)(H,15,21)(H,16,20). The summed E-state index contributed by atoms with van der Waals surface area (Å²) < 4.78 is 6.23. The molecule has 0 aliphatic rings. The summed E-state index contributed by atoms with van der Waals surface area (Å²) in [6.07, 6.45) is 6.62. The van der Waals surface area contributed by atoms with E-state index in [4.69, 9.17) is 5.73 Å². The molecule has 1 unspecified atom stereocenters. The summed E-state index contributed by atoms with van der Waals surface area (Å²) in [7, 11) is 0. The van der Waals surface area contributed by atoms with E-state index in [1.807, 2.05) is 12.5 Å². The van der Waals surface area contributed by atoms with Gasteiger partial charge in [0.1, 0.15) is 0 Å². The normalized spacial score (nSPS) is 11.7. The first-order chi connectivity index (χ1) is 11.0. The number of nitrogens with one attached hydrogen (secondary N) is 4. The molecule has 0 bridgehead atoms. The molecule has 0 radical (unpaired) electrons. The highest BCUT2D eigenvalue weighted by atomic mass is 32.2. The fourth-order valence-electron chi connectivity index (χ4n) is 1.73. The Bertz CT molecular complexity index is 372. The molecule has 0 aliphatic carbocycles. The molecule has 0 heterocycles. The van der Waals surface area contributed by atoms with Gasteiger partial charge in [0.2, 0.25) is 17.7 Å². The summed E-state index contributed by atoms with van der Waals surface area (Å²) in [6.45, 7) is 0.951. The number of hydrogen-bond acceptors (Lipinski definition) is 7. The van der Waals surface area contributed by atoms with Crippen LogP contribution in [-0.4, -0.2) is 55.9 Å². The number of hydrogen-bond donors (Lipinski definition) is 5. The highest BCUT2D eigenvalue weighted by Gasteiger charge is 2.17. The Hall–Kier alpha value is -0.970. The summed E-state index contributed by atoms with van der Waals surface area (Å²) in [5, 5.41) is 5.10. The second-order valence-corrected chi connectivity index (χ2v) is 6.09. The van der Waals surface area contributed by atoms with Crippen molar-refractivity contribution in [1.29, 1.82) is 0 Å². The third-order valence-corrected chi connectivity index (χ3v) is 3.87. The highest BCUT2D eigenvalue weighted by Crippen LogP contribution is 2.04. The first-order valence-corrected chi connectivity index (χ1v) is 9.83. The molecule has 3 amide bonds. The zero-order valence-corrected chi connectivity index (χ0v) is 15.3. The van der Waals surface area contributed by atoms with Gasteiger partial charge in [-0.15, -0.1) is 0 Å². The highest BCUT2D eigenvalue weighted by molar-refractivity contribution is 7.96. The molecule has 0 aromatic rings. The van der Waals surface area contributed by atoms with Crippen LogP contribution in [0.3, 0.4) is 0 Å². The third-order valence-electron chi connectivity index (χ3n) is 2.85. The van der Waals surface area contributed by atoms with E-state index < -0.39 is 5.91 Å². The lowest BCUT2D eigenvalue weighted by Gasteiger charge is -2.17. The van der Waals surface area contributed by atoms with Gasteiger partial charge in [0.25, 0.3) is 0 Å². The molecule has 0 aliphatic heterocycles. The van der Waals surface area contributed by atoms with Crippen molar-refractivity contribution in [3.05, 3.63) is 0 Å². The Morgan fingerprint density at radius 2 is 1.78 bits per heavy atom. The fourth-order valence-corrected chi connectivity index (χ4v) is 2.59. The largest absolute Gasteiger partial charge is 0.368 e. The Morgan fingerprint density at radius 3 is 2.39 bits per heavy atom. The second kappa shape index (κ2) is 14.6. The summed E-state index contributed by atoms with van der Waals surface area (Å²) in [4.78, 5) is 34.0. The summed E-state index contributed by atoms with van der Waals surface area (Å²) in [5.74, 6) is -1.04. The molecule has 0 aromatic heterocycles. The van der Waals surface area contributed by atoms with Crippen molar-refractivity contribution in [3.8, 4) is 0 Å². The molecule has 23 heavy (non-hydrogen) atoms. The summed E-state index contributed by atoms with van der Waals surface area (Å²) >= 11 is 2.98. The Kier molecular flexibility index (Phi) is 14.0. The molecule has 0 aromatic carbocycles. The molecular formula is C13H27N5O3S2. The molecular weight excluding hydrogens is 338 g/mol. The van der Waals surface area contributed by atoms with Gasteiger partial charge in [0.15, 0.2) is 0 Å². The molecule has 0 spiro atoms. The van der Waals surface area contributed by atoms with E-state index >= 15 is 0 Å². The van der Waals surface area contributed by atoms with Gasteiger partial charge >= 0.3 is 0 Å². The van der Waals surface area contributed by atoms with E-state index in [0.717, 1.165) is 25.8 Å². The molecule has 1 atom stereocenters. The first-order valence-electron chi connectivity index (χ1n) is 7.38. The van der Waals surface area contributed by atoms with Gasteiger partial charge in [-0.3, -0.25) is 23.8 Å². The van der Waals surface area contributed by atoms with Crippen LogP contribution in [0, 0.1) is 0 Å². The van der Waals surface area contributed by atoms with Crippen molar-refractivity contribution in [2.24, 2.45) is 5.73 Å². The van der Waals surface area contributed by atoms with Gasteiger partial charge in [-0.1, -0.05) is 30.3 Å². The molecule has 0 saturated carbocycles. The van der Waals surface area contributed by atoms with Gasteiger partial charge < -0.3 is 16.4 Å². The van der Waals surface area contributed by atoms with Crippen LogP contribution in [0.2, 0.25) is 0 Å². The first kappa shape index (κ1) is 22.0. The van der Waals surface area contributed by atoms with E-state index in [2.05, 4.69) is 20.1 Å². The Morgan fingerprint density at radius 1 is 1.04 bits per heavy atom. The van der Waals surface area contributed by atoms with E-state index in [-0.39, 0.29) is 37.4 Å². The van der Waals surface area contributed by atoms with Crippen molar-refractivity contribution in [2.75, 3.05) is 32.1 Å². The topological polar surface area (TPSA) is 125 Å². The molecule has 0 saturated heterocycles. The third kappa shape index (κ3) is 13.2. The molecule has 134 valence electrons. The minimum Gasteiger partial charge on any atom is -0.368 e. The SMILES string of the molecule is CSNCCCCC(NSC)C(=O)NCCC(=O)NCC(N)=O. The van der Waals surface area contributed by atoms with Crippen LogP contribution in [0.25, 0.3) is 0 Å². The lowest BCUT2D eigenvalue weighted by atomic mass is 10.1. The van der Waals surface area contributed by atoms with Crippen molar-refractivity contribution < 1.29 is 14.4 Å². The quantitative estimate of drug-likeness (QED) is 0.205. The predicted octanol–water partition coefficient (Wildman–Crippen LogP) is -0.632. The number of amides is 3. The number of carbonyl (C=O) groups is 3. The number of rotatable bonds is 14. The zero-order chi connectivity index (χ0) is 17.5. The van der Waals surface area contributed by atoms with Crippen LogP contribution >= 0.6 is 23.9 Å². The molecule has 10 heteroatoms. The Labute approximate surface area is 146 Å². The fraction of sp³-hybridized carbons (Fsp3) is 0.769. The van der Waals surface area contributed by atoms with Crippen molar-refractivity contribution >= 4 is 41.6 Å². The maximum atomic E-state index is 12.1. The van der Waals surface area contributed by atoms with Crippen LogP contribution in [0.5, 0.6) is 0 Å². The van der Waals surface area contributed by atoms with Crippen LogP contribution in [0.15, 0.2) is 0 Å². The van der Waals surface area contributed by atoms with E-state index in [1.165, 1.54) is 11.9 Å². The molecule has 6 N–H and O–H groups in total. The average Bonchev–Trinajstić information content (AvgIpc) is 2.51. The number of primary amides is 1. The smallest absolute Gasteiger partial charge is 0.238 e. The zero-order valence-electron chi connectivity index (χ0n) is 13.6. The van der Waals surface area contributed by atoms with Crippen molar-refractivity contribution in [2.45, 2.75) is 31.7 Å². The lowest BCUT2D eigenvalue weighted by molar-refractivity contribution is -0.125. The van der Waals surface area contributed by atoms with Gasteiger partial charge in [-0.25, -0.2) is 0 Å². The average molecular weight is 366 g/mol. The lowest BCUT2D eigenvalue weighted by Crippen LogP contribution is -2.43. The van der Waals surface area contributed by atoms with Gasteiger partial charge in [0.05, 0.1) is 12.6 Å². The predicted molar refractivity (Wildman–Crippen MR) is 95.6 cm³/mol. The van der Waals surface area contributed by atoms with E-state index in [9.17, 15) is 14.4 Å². The van der Waals surface area contributed by atoms with Crippen LogP contribution < -0.4 is 25.8 Å². The monoisotopic (exact) mass is 365 g/mol. The van der Waals surface area contributed by atoms with Gasteiger partial charge in [0, 0.05) is 19.5 Å². The van der Waals surface area contributed by atoms with Crippen molar-refractivity contribution in [3.63, 3.8) is 0 Å². The van der Waals surface area contributed by atoms with Crippen LogP contribution in [0.1, 0.15) is 25.7 Å². The number of carbonyl (C=O) groups excluding carboxylic acids is 3. The van der Waals surface area contributed by atoms with Gasteiger partial charge in [-0.2, -0.15) is 0 Å². The molecule has 0 rings (SSSR count). The summed E-state index contributed by atoms with van der Waals surface area (Å²) in [5.41, 5.74) is 4.93. The minimum atomic E-state index is -0.595. The maximum Gasteiger partial charge on any atom is 0.238 e. The number of nitrogens with two attached hydrogens (primary N) is 1. The van der Waals surface area contributed by atoms with Crippen LogP contribution in [0.4, 0.5) is 0 Å². The van der Waals surface area contributed by atoms with Crippen molar-refractivity contribution in [1.82, 2.24) is 20.1 Å². The number of unbranched alkanes of at least 4 members (excludes halogenated alkanes) is 1. The molecule has 8 nitrogen and oxygen atoms in total. The molecule has 0 fully saturated rings.